The van der Waals surface area contributed by atoms with Crippen molar-refractivity contribution in [1.82, 2.24) is 0 Å². The average Bonchev–Trinajstić information content (AvgIpc) is 3.11. The summed E-state index contributed by atoms with van der Waals surface area (Å²) in [5.41, 5.74) is 2.95. The Kier molecular flexibility index (Phi) is 4.13. The van der Waals surface area contributed by atoms with Crippen molar-refractivity contribution in [2.75, 3.05) is 7.11 Å². The summed E-state index contributed by atoms with van der Waals surface area (Å²) in [4.78, 5) is 0. The molecule has 0 saturated carbocycles. The Morgan fingerprint density at radius 3 is 2.40 bits per heavy atom. The van der Waals surface area contributed by atoms with Crippen LogP contribution >= 0.6 is 0 Å². The van der Waals surface area contributed by atoms with Gasteiger partial charge in [-0.2, -0.15) is 0 Å². The van der Waals surface area contributed by atoms with E-state index in [0.717, 1.165) is 27.9 Å². The van der Waals surface area contributed by atoms with Crippen molar-refractivity contribution in [3.05, 3.63) is 84.4 Å². The lowest BCUT2D eigenvalue weighted by Crippen LogP contribution is -1.97. The zero-order chi connectivity index (χ0) is 17.1. The van der Waals surface area contributed by atoms with Crippen molar-refractivity contribution >= 4 is 11.0 Å². The van der Waals surface area contributed by atoms with Gasteiger partial charge in [0.15, 0.2) is 11.5 Å². The molecule has 0 fully saturated rings. The molecule has 1 heterocycles. The summed E-state index contributed by atoms with van der Waals surface area (Å²) in [5, 5.41) is 1.08. The predicted molar refractivity (Wildman–Crippen MR) is 99.0 cm³/mol. The Hall–Kier alpha value is -3.20. The van der Waals surface area contributed by atoms with E-state index in [0.29, 0.717) is 18.1 Å². The van der Waals surface area contributed by atoms with Crippen molar-refractivity contribution < 1.29 is 13.9 Å². The second kappa shape index (κ2) is 6.73. The van der Waals surface area contributed by atoms with Crippen LogP contribution in [0.15, 0.2) is 83.3 Å². The van der Waals surface area contributed by atoms with Crippen LogP contribution in [0.25, 0.3) is 22.3 Å². The Labute approximate surface area is 146 Å². The van der Waals surface area contributed by atoms with E-state index in [1.165, 1.54) is 0 Å². The number of ether oxygens (including phenoxy) is 2. The van der Waals surface area contributed by atoms with Crippen LogP contribution in [0.2, 0.25) is 0 Å². The number of furan rings is 1. The summed E-state index contributed by atoms with van der Waals surface area (Å²) in [6, 6.07) is 25.9. The second-order valence-corrected chi connectivity index (χ2v) is 5.79. The molecule has 25 heavy (non-hydrogen) atoms. The maximum Gasteiger partial charge on any atom is 0.161 e. The number of benzene rings is 3. The first-order valence-corrected chi connectivity index (χ1v) is 8.17. The number of methoxy groups -OCH3 is 1. The highest BCUT2D eigenvalue weighted by Gasteiger charge is 2.11. The fourth-order valence-electron chi connectivity index (χ4n) is 2.80. The minimum Gasteiger partial charge on any atom is -0.493 e. The molecule has 0 spiro atoms. The molecule has 0 N–H and O–H groups in total. The summed E-state index contributed by atoms with van der Waals surface area (Å²) in [5.74, 6) is 2.22. The van der Waals surface area contributed by atoms with Crippen LogP contribution in [0, 0.1) is 0 Å². The van der Waals surface area contributed by atoms with Gasteiger partial charge in [0.25, 0.3) is 0 Å². The van der Waals surface area contributed by atoms with Gasteiger partial charge < -0.3 is 13.9 Å². The molecule has 4 rings (SSSR count). The van der Waals surface area contributed by atoms with E-state index >= 15 is 0 Å². The van der Waals surface area contributed by atoms with Gasteiger partial charge in [0, 0.05) is 10.9 Å². The van der Waals surface area contributed by atoms with Crippen LogP contribution in [0.3, 0.4) is 0 Å². The second-order valence-electron chi connectivity index (χ2n) is 5.79. The van der Waals surface area contributed by atoms with Crippen molar-refractivity contribution in [3.63, 3.8) is 0 Å². The van der Waals surface area contributed by atoms with Gasteiger partial charge in [0.05, 0.1) is 7.11 Å². The largest absolute Gasteiger partial charge is 0.493 e. The van der Waals surface area contributed by atoms with Gasteiger partial charge >= 0.3 is 0 Å². The Balaban J connectivity index is 1.60. The van der Waals surface area contributed by atoms with Gasteiger partial charge in [-0.3, -0.25) is 0 Å². The molecule has 0 amide bonds. The van der Waals surface area contributed by atoms with Gasteiger partial charge in [-0.15, -0.1) is 0 Å². The maximum atomic E-state index is 5.93. The third-order valence-corrected chi connectivity index (χ3v) is 4.11. The van der Waals surface area contributed by atoms with E-state index in [9.17, 15) is 0 Å². The third-order valence-electron chi connectivity index (χ3n) is 4.11. The molecule has 4 aromatic rings. The lowest BCUT2D eigenvalue weighted by atomic mass is 10.1. The monoisotopic (exact) mass is 330 g/mol. The summed E-state index contributed by atoms with van der Waals surface area (Å²) in [7, 11) is 1.65. The predicted octanol–water partition coefficient (Wildman–Crippen LogP) is 5.69. The fourth-order valence-corrected chi connectivity index (χ4v) is 2.80. The normalized spacial score (nSPS) is 10.8. The lowest BCUT2D eigenvalue weighted by Gasteiger charge is -2.11. The third kappa shape index (κ3) is 3.22. The first-order valence-electron chi connectivity index (χ1n) is 8.17. The van der Waals surface area contributed by atoms with Gasteiger partial charge in [-0.25, -0.2) is 0 Å². The number of fused-ring (bicyclic) bond motifs is 1. The van der Waals surface area contributed by atoms with Crippen molar-refractivity contribution in [1.29, 1.82) is 0 Å². The molecular weight excluding hydrogens is 312 g/mol. The van der Waals surface area contributed by atoms with E-state index < -0.39 is 0 Å². The smallest absolute Gasteiger partial charge is 0.161 e. The van der Waals surface area contributed by atoms with Crippen LogP contribution in [0.1, 0.15) is 5.56 Å². The highest BCUT2D eigenvalue weighted by molar-refractivity contribution is 5.83. The van der Waals surface area contributed by atoms with Gasteiger partial charge in [-0.1, -0.05) is 48.5 Å². The summed E-state index contributed by atoms with van der Waals surface area (Å²) >= 11 is 0. The fraction of sp³-hybridized carbons (Fsp3) is 0.0909. The average molecular weight is 330 g/mol. The van der Waals surface area contributed by atoms with E-state index in [4.69, 9.17) is 13.9 Å². The van der Waals surface area contributed by atoms with Crippen LogP contribution in [0.5, 0.6) is 11.5 Å². The van der Waals surface area contributed by atoms with Crippen LogP contribution in [0.4, 0.5) is 0 Å². The van der Waals surface area contributed by atoms with E-state index in [2.05, 4.69) is 0 Å². The number of hydrogen-bond acceptors (Lipinski definition) is 3. The summed E-state index contributed by atoms with van der Waals surface area (Å²) in [6.45, 7) is 0.501. The molecule has 0 atom stereocenters. The highest BCUT2D eigenvalue weighted by Crippen LogP contribution is 2.35. The van der Waals surface area contributed by atoms with Gasteiger partial charge in [0.1, 0.15) is 18.0 Å². The molecule has 0 aliphatic rings. The molecule has 0 radical (unpaired) electrons. The maximum absolute atomic E-state index is 5.93. The topological polar surface area (TPSA) is 31.6 Å². The number of rotatable bonds is 5. The highest BCUT2D eigenvalue weighted by atomic mass is 16.5. The Morgan fingerprint density at radius 2 is 1.60 bits per heavy atom. The number of hydrogen-bond donors (Lipinski definition) is 0. The molecule has 0 saturated heterocycles. The van der Waals surface area contributed by atoms with Crippen LogP contribution in [-0.2, 0) is 6.61 Å². The Bertz CT molecular complexity index is 954. The first-order chi connectivity index (χ1) is 12.3. The molecule has 3 heteroatoms. The zero-order valence-corrected chi connectivity index (χ0v) is 13.9. The molecule has 3 aromatic carbocycles. The van der Waals surface area contributed by atoms with Gasteiger partial charge in [0.2, 0.25) is 0 Å². The molecule has 1 aromatic heterocycles. The molecule has 0 aliphatic carbocycles. The molecule has 0 bridgehead atoms. The van der Waals surface area contributed by atoms with Gasteiger partial charge in [-0.05, 0) is 35.9 Å². The lowest BCUT2D eigenvalue weighted by molar-refractivity contribution is 0.284. The summed E-state index contributed by atoms with van der Waals surface area (Å²) < 4.78 is 17.3. The quantitative estimate of drug-likeness (QED) is 0.471. The minimum atomic E-state index is 0.501. The van der Waals surface area contributed by atoms with Crippen molar-refractivity contribution in [3.8, 4) is 22.8 Å². The van der Waals surface area contributed by atoms with Crippen LogP contribution < -0.4 is 9.47 Å². The van der Waals surface area contributed by atoms with Crippen molar-refractivity contribution in [2.24, 2.45) is 0 Å². The number of para-hydroxylation sites is 1. The van der Waals surface area contributed by atoms with E-state index in [1.54, 1.807) is 7.11 Å². The first kappa shape index (κ1) is 15.3. The molecule has 124 valence electrons. The molecule has 3 nitrogen and oxygen atoms in total. The van der Waals surface area contributed by atoms with Crippen molar-refractivity contribution in [2.45, 2.75) is 6.61 Å². The minimum absolute atomic E-state index is 0.501. The zero-order valence-electron chi connectivity index (χ0n) is 13.9. The summed E-state index contributed by atoms with van der Waals surface area (Å²) in [6.07, 6.45) is 0. The molecular formula is C22H18O3. The Morgan fingerprint density at radius 1 is 0.800 bits per heavy atom. The standard InChI is InChI=1S/C22H18O3/c1-23-22-14-18(21-13-17-9-5-6-10-19(17)25-21)11-12-20(22)24-15-16-7-3-2-4-8-16/h2-14H,15H2,1H3. The molecule has 0 aliphatic heterocycles. The van der Waals surface area contributed by atoms with Crippen LogP contribution in [-0.4, -0.2) is 7.11 Å². The molecule has 0 unspecified atom stereocenters. The SMILES string of the molecule is COc1cc(-c2cc3ccccc3o2)ccc1OCc1ccccc1. The van der Waals surface area contributed by atoms with E-state index in [-0.39, 0.29) is 0 Å². The van der Waals surface area contributed by atoms with E-state index in [1.807, 2.05) is 78.9 Å².